The van der Waals surface area contributed by atoms with Gasteiger partial charge in [0, 0.05) is 29.3 Å². The van der Waals surface area contributed by atoms with Crippen molar-refractivity contribution in [3.8, 4) is 17.3 Å². The van der Waals surface area contributed by atoms with Crippen molar-refractivity contribution in [1.29, 1.82) is 0 Å². The van der Waals surface area contributed by atoms with Gasteiger partial charge in [0.05, 0.1) is 16.6 Å². The Bertz CT molecular complexity index is 1730. The molecular formula is C31H25F3N2O4. The number of aromatic hydroxyl groups is 2. The standard InChI is InChI=1S/C31H25F3N2O4/c1-18-12-19(2)14-22(13-18)36-26-15-21(31(32,33)34)9-10-24(26)25(28(36)38)17-35-30(29(39)40)11-5-6-20(16-30)23-7-3-4-8-27(23)37/h3-15,17,37-38H,16H2,1-2H3,(H,39,40). The molecule has 6 nitrogen and oxygen atoms in total. The molecule has 1 unspecified atom stereocenters. The van der Waals surface area contributed by atoms with Crippen molar-refractivity contribution in [1.82, 2.24) is 4.57 Å². The number of hydrogen-bond donors (Lipinski definition) is 3. The molecule has 1 atom stereocenters. The molecule has 0 spiro atoms. The molecule has 204 valence electrons. The Morgan fingerprint density at radius 2 is 1.73 bits per heavy atom. The van der Waals surface area contributed by atoms with Gasteiger partial charge in [-0.1, -0.05) is 42.5 Å². The maximum atomic E-state index is 13.6. The lowest BCUT2D eigenvalue weighted by molar-refractivity contribution is -0.141. The second-order valence-electron chi connectivity index (χ2n) is 9.88. The molecule has 0 radical (unpaired) electrons. The molecule has 5 rings (SSSR count). The summed E-state index contributed by atoms with van der Waals surface area (Å²) in [5.41, 5.74) is 0.652. The van der Waals surface area contributed by atoms with Crippen LogP contribution in [0, 0.1) is 13.8 Å². The van der Waals surface area contributed by atoms with Gasteiger partial charge in [-0.3, -0.25) is 9.56 Å². The molecule has 0 saturated carbocycles. The zero-order valence-electron chi connectivity index (χ0n) is 21.6. The molecule has 1 aromatic heterocycles. The highest BCUT2D eigenvalue weighted by molar-refractivity contribution is 6.04. The third-order valence-electron chi connectivity index (χ3n) is 6.95. The zero-order chi connectivity index (χ0) is 28.8. The number of fused-ring (bicyclic) bond motifs is 1. The van der Waals surface area contributed by atoms with Crippen LogP contribution in [-0.4, -0.2) is 37.6 Å². The van der Waals surface area contributed by atoms with E-state index in [2.05, 4.69) is 4.99 Å². The monoisotopic (exact) mass is 546 g/mol. The van der Waals surface area contributed by atoms with E-state index in [-0.39, 0.29) is 34.5 Å². The number of carboxylic acids is 1. The molecule has 0 fully saturated rings. The van der Waals surface area contributed by atoms with E-state index in [4.69, 9.17) is 0 Å². The van der Waals surface area contributed by atoms with Crippen molar-refractivity contribution in [3.63, 3.8) is 0 Å². The number of aliphatic carboxylic acids is 1. The summed E-state index contributed by atoms with van der Waals surface area (Å²) in [5.74, 6) is -1.65. The highest BCUT2D eigenvalue weighted by atomic mass is 19.4. The zero-order valence-corrected chi connectivity index (χ0v) is 21.6. The van der Waals surface area contributed by atoms with Gasteiger partial charge in [-0.05, 0) is 67.0 Å². The van der Waals surface area contributed by atoms with Crippen molar-refractivity contribution in [2.45, 2.75) is 32.0 Å². The highest BCUT2D eigenvalue weighted by Crippen LogP contribution is 2.40. The van der Waals surface area contributed by atoms with E-state index < -0.39 is 23.2 Å². The van der Waals surface area contributed by atoms with Gasteiger partial charge in [-0.15, -0.1) is 0 Å². The Balaban J connectivity index is 1.67. The van der Waals surface area contributed by atoms with Crippen LogP contribution in [0.15, 0.2) is 83.9 Å². The fourth-order valence-electron chi connectivity index (χ4n) is 5.08. The normalized spacial score (nSPS) is 17.5. The van der Waals surface area contributed by atoms with E-state index in [9.17, 15) is 33.3 Å². The summed E-state index contributed by atoms with van der Waals surface area (Å²) in [5, 5.41) is 32.1. The van der Waals surface area contributed by atoms with Gasteiger partial charge in [0.25, 0.3) is 0 Å². The largest absolute Gasteiger partial charge is 0.507 e. The van der Waals surface area contributed by atoms with Crippen LogP contribution >= 0.6 is 0 Å². The number of benzene rings is 3. The molecule has 3 N–H and O–H groups in total. The van der Waals surface area contributed by atoms with E-state index in [1.165, 1.54) is 35.1 Å². The summed E-state index contributed by atoms with van der Waals surface area (Å²) in [6.07, 6.45) is 1.11. The number of alkyl halides is 3. The number of hydrogen-bond acceptors (Lipinski definition) is 4. The molecule has 0 amide bonds. The number of para-hydroxylation sites is 1. The predicted molar refractivity (Wildman–Crippen MR) is 147 cm³/mol. The summed E-state index contributed by atoms with van der Waals surface area (Å²) in [4.78, 5) is 16.9. The van der Waals surface area contributed by atoms with Crippen LogP contribution in [0.25, 0.3) is 22.2 Å². The first-order chi connectivity index (χ1) is 18.9. The Labute approximate surface area is 227 Å². The number of aromatic nitrogens is 1. The minimum Gasteiger partial charge on any atom is -0.507 e. The molecule has 1 aliphatic rings. The Morgan fingerprint density at radius 1 is 1.02 bits per heavy atom. The summed E-state index contributed by atoms with van der Waals surface area (Å²) in [7, 11) is 0. The summed E-state index contributed by atoms with van der Waals surface area (Å²) in [6.45, 7) is 3.68. The van der Waals surface area contributed by atoms with Gasteiger partial charge in [-0.2, -0.15) is 13.2 Å². The second-order valence-corrected chi connectivity index (χ2v) is 9.88. The first-order valence-corrected chi connectivity index (χ1v) is 12.4. The van der Waals surface area contributed by atoms with Gasteiger partial charge >= 0.3 is 12.1 Å². The van der Waals surface area contributed by atoms with E-state index >= 15 is 0 Å². The number of aryl methyl sites for hydroxylation is 2. The van der Waals surface area contributed by atoms with Gasteiger partial charge < -0.3 is 15.3 Å². The number of phenols is 1. The van der Waals surface area contributed by atoms with Gasteiger partial charge in [0.2, 0.25) is 5.88 Å². The number of carboxylic acid groups (broad SMARTS) is 1. The number of phenolic OH excluding ortho intramolecular Hbond substituents is 1. The molecular weight excluding hydrogens is 521 g/mol. The fraction of sp³-hybridized carbons (Fsp3) is 0.161. The van der Waals surface area contributed by atoms with E-state index in [1.54, 1.807) is 36.4 Å². The Morgan fingerprint density at radius 3 is 2.38 bits per heavy atom. The molecule has 0 aliphatic heterocycles. The molecule has 0 saturated heterocycles. The third kappa shape index (κ3) is 4.75. The second kappa shape index (κ2) is 9.75. The van der Waals surface area contributed by atoms with Crippen molar-refractivity contribution < 1.29 is 33.3 Å². The molecule has 0 bridgehead atoms. The third-order valence-corrected chi connectivity index (χ3v) is 6.95. The molecule has 3 aromatic carbocycles. The van der Waals surface area contributed by atoms with Crippen molar-refractivity contribution >= 4 is 28.7 Å². The quantitative estimate of drug-likeness (QED) is 0.236. The SMILES string of the molecule is Cc1cc(C)cc(-n2c(O)c(C=NC3(C(=O)O)C=CC=C(c4ccccc4O)C3)c3ccc(C(F)(F)F)cc32)c1. The van der Waals surface area contributed by atoms with E-state index in [0.29, 0.717) is 16.8 Å². The minimum atomic E-state index is -4.61. The lowest BCUT2D eigenvalue weighted by atomic mass is 9.84. The van der Waals surface area contributed by atoms with Crippen molar-refractivity contribution in [3.05, 3.63) is 107 Å². The van der Waals surface area contributed by atoms with Crippen LogP contribution < -0.4 is 0 Å². The fourth-order valence-corrected chi connectivity index (χ4v) is 5.08. The van der Waals surface area contributed by atoms with Crippen LogP contribution in [0.2, 0.25) is 0 Å². The van der Waals surface area contributed by atoms with E-state index in [1.807, 2.05) is 19.9 Å². The first kappa shape index (κ1) is 26.8. The van der Waals surface area contributed by atoms with Crippen LogP contribution in [0.4, 0.5) is 13.2 Å². The summed E-state index contributed by atoms with van der Waals surface area (Å²) in [6, 6.07) is 15.0. The Hall–Kier alpha value is -4.79. The molecule has 40 heavy (non-hydrogen) atoms. The predicted octanol–water partition coefficient (Wildman–Crippen LogP) is 6.96. The van der Waals surface area contributed by atoms with Crippen LogP contribution in [0.5, 0.6) is 11.6 Å². The molecule has 1 aliphatic carbocycles. The topological polar surface area (TPSA) is 95.0 Å². The van der Waals surface area contributed by atoms with Gasteiger partial charge in [0.1, 0.15) is 5.75 Å². The van der Waals surface area contributed by atoms with Crippen molar-refractivity contribution in [2.24, 2.45) is 4.99 Å². The van der Waals surface area contributed by atoms with Crippen molar-refractivity contribution in [2.75, 3.05) is 0 Å². The van der Waals surface area contributed by atoms with Crippen LogP contribution in [0.1, 0.15) is 34.2 Å². The lowest BCUT2D eigenvalue weighted by Gasteiger charge is -2.26. The number of nitrogens with zero attached hydrogens (tertiary/aromatic N) is 2. The van der Waals surface area contributed by atoms with Crippen LogP contribution in [0.3, 0.4) is 0 Å². The maximum Gasteiger partial charge on any atom is 0.416 e. The number of carbonyl (C=O) groups is 1. The molecule has 9 heteroatoms. The maximum absolute atomic E-state index is 13.6. The van der Waals surface area contributed by atoms with E-state index in [0.717, 1.165) is 23.3 Å². The van der Waals surface area contributed by atoms with Crippen LogP contribution in [-0.2, 0) is 11.0 Å². The number of rotatable bonds is 5. The highest BCUT2D eigenvalue weighted by Gasteiger charge is 2.38. The lowest BCUT2D eigenvalue weighted by Crippen LogP contribution is -2.36. The minimum absolute atomic E-state index is 0.0121. The average molecular weight is 547 g/mol. The summed E-state index contributed by atoms with van der Waals surface area (Å²) < 4.78 is 42.2. The molecule has 4 aromatic rings. The van der Waals surface area contributed by atoms with Gasteiger partial charge in [-0.25, -0.2) is 4.79 Å². The average Bonchev–Trinajstić information content (AvgIpc) is 3.17. The molecule has 1 heterocycles. The Kier molecular flexibility index (Phi) is 6.53. The number of halogens is 3. The summed E-state index contributed by atoms with van der Waals surface area (Å²) >= 11 is 0. The number of aliphatic imine (C=N–C) groups is 1. The first-order valence-electron chi connectivity index (χ1n) is 12.4. The van der Waals surface area contributed by atoms with Gasteiger partial charge in [0.15, 0.2) is 5.54 Å². The smallest absolute Gasteiger partial charge is 0.416 e. The number of allylic oxidation sites excluding steroid dienone is 2.